The first kappa shape index (κ1) is 22.0. The van der Waals surface area contributed by atoms with Crippen molar-refractivity contribution in [1.82, 2.24) is 34.3 Å². The van der Waals surface area contributed by atoms with E-state index in [9.17, 15) is 0 Å². The lowest BCUT2D eigenvalue weighted by Crippen LogP contribution is -2.38. The van der Waals surface area contributed by atoms with Gasteiger partial charge in [-0.2, -0.15) is 10.1 Å². The average molecular weight is 476 g/mol. The third kappa shape index (κ3) is 4.97. The van der Waals surface area contributed by atoms with Gasteiger partial charge in [-0.05, 0) is 24.3 Å². The maximum absolute atomic E-state index is 5.44. The number of benzene rings is 1. The van der Waals surface area contributed by atoms with E-state index in [-0.39, 0.29) is 0 Å². The van der Waals surface area contributed by atoms with Crippen LogP contribution >= 0.6 is 0 Å². The lowest BCUT2D eigenvalue weighted by atomic mass is 10.2. The standard InChI is InChI=1S/C24H29N9O2/c1-3-21(31-11-15-35-16-12-31)4-2-20(1)27-24-28-23-22(25-5-6-33(23)29-24)19-17-26-32(18-19)8-7-30-9-13-34-14-10-30/h1-6,17-18H,7-16H2,(H,27,29). The summed E-state index contributed by atoms with van der Waals surface area (Å²) in [5.41, 5.74) is 4.50. The van der Waals surface area contributed by atoms with Crippen molar-refractivity contribution in [2.75, 3.05) is 69.4 Å². The van der Waals surface area contributed by atoms with Crippen LogP contribution in [0, 0.1) is 0 Å². The highest BCUT2D eigenvalue weighted by atomic mass is 16.5. The zero-order valence-corrected chi connectivity index (χ0v) is 19.6. The number of nitrogens with one attached hydrogen (secondary N) is 1. The van der Waals surface area contributed by atoms with E-state index in [4.69, 9.17) is 14.5 Å². The number of nitrogens with zero attached hydrogens (tertiary/aromatic N) is 8. The molecule has 0 spiro atoms. The summed E-state index contributed by atoms with van der Waals surface area (Å²) in [7, 11) is 0. The Kier molecular flexibility index (Phi) is 6.26. The molecular weight excluding hydrogens is 446 g/mol. The molecule has 3 aromatic heterocycles. The third-order valence-electron chi connectivity index (χ3n) is 6.41. The fourth-order valence-corrected chi connectivity index (χ4v) is 4.46. The van der Waals surface area contributed by atoms with Crippen LogP contribution in [-0.4, -0.2) is 93.4 Å². The molecule has 1 N–H and O–H groups in total. The van der Waals surface area contributed by atoms with Crippen molar-refractivity contribution in [3.63, 3.8) is 0 Å². The molecule has 4 aromatic rings. The van der Waals surface area contributed by atoms with Gasteiger partial charge in [-0.1, -0.05) is 0 Å². The van der Waals surface area contributed by atoms with Gasteiger partial charge in [0.05, 0.1) is 39.2 Å². The topological polar surface area (TPSA) is 97.9 Å². The van der Waals surface area contributed by atoms with Gasteiger partial charge in [0.25, 0.3) is 0 Å². The molecule has 2 aliphatic heterocycles. The average Bonchev–Trinajstić information content (AvgIpc) is 3.56. The predicted octanol–water partition coefficient (Wildman–Crippen LogP) is 1.90. The Labute approximate surface area is 203 Å². The highest BCUT2D eigenvalue weighted by molar-refractivity contribution is 5.73. The monoisotopic (exact) mass is 475 g/mol. The fraction of sp³-hybridized carbons (Fsp3) is 0.417. The van der Waals surface area contributed by atoms with Crippen molar-refractivity contribution >= 4 is 23.0 Å². The summed E-state index contributed by atoms with van der Waals surface area (Å²) in [5.74, 6) is 0.526. The van der Waals surface area contributed by atoms with E-state index in [0.717, 1.165) is 82.6 Å². The van der Waals surface area contributed by atoms with Gasteiger partial charge in [0.1, 0.15) is 5.69 Å². The van der Waals surface area contributed by atoms with Gasteiger partial charge in [-0.15, -0.1) is 5.10 Å². The first-order valence-corrected chi connectivity index (χ1v) is 12.1. The molecule has 2 aliphatic rings. The minimum Gasteiger partial charge on any atom is -0.379 e. The molecule has 2 fully saturated rings. The molecule has 1 aromatic carbocycles. The van der Waals surface area contributed by atoms with Crippen LogP contribution in [0.5, 0.6) is 0 Å². The normalized spacial score (nSPS) is 17.2. The highest BCUT2D eigenvalue weighted by Gasteiger charge is 2.15. The third-order valence-corrected chi connectivity index (χ3v) is 6.41. The Morgan fingerprint density at radius 3 is 2.49 bits per heavy atom. The quantitative estimate of drug-likeness (QED) is 0.430. The maximum atomic E-state index is 5.44. The minimum atomic E-state index is 0.526. The fourth-order valence-electron chi connectivity index (χ4n) is 4.46. The lowest BCUT2D eigenvalue weighted by Gasteiger charge is -2.28. The molecular formula is C24H29N9O2. The number of rotatable bonds is 7. The molecule has 6 rings (SSSR count). The molecule has 5 heterocycles. The Bertz CT molecular complexity index is 1260. The van der Waals surface area contributed by atoms with Crippen molar-refractivity contribution in [2.45, 2.75) is 6.54 Å². The summed E-state index contributed by atoms with van der Waals surface area (Å²) in [6.07, 6.45) is 7.41. The zero-order valence-electron chi connectivity index (χ0n) is 19.6. The van der Waals surface area contributed by atoms with E-state index in [1.807, 2.05) is 29.2 Å². The molecule has 0 amide bonds. The van der Waals surface area contributed by atoms with Gasteiger partial charge in [-0.3, -0.25) is 14.6 Å². The Morgan fingerprint density at radius 2 is 1.69 bits per heavy atom. The number of fused-ring (bicyclic) bond motifs is 1. The summed E-state index contributed by atoms with van der Waals surface area (Å²) in [5, 5.41) is 12.4. The summed E-state index contributed by atoms with van der Waals surface area (Å²) < 4.78 is 14.6. The van der Waals surface area contributed by atoms with Crippen LogP contribution in [0.15, 0.2) is 49.1 Å². The largest absolute Gasteiger partial charge is 0.379 e. The van der Waals surface area contributed by atoms with Crippen LogP contribution in [0.4, 0.5) is 17.3 Å². The Hall–Kier alpha value is -3.54. The molecule has 0 unspecified atom stereocenters. The van der Waals surface area contributed by atoms with Gasteiger partial charge in [0.2, 0.25) is 5.95 Å². The van der Waals surface area contributed by atoms with E-state index in [1.54, 1.807) is 16.9 Å². The smallest absolute Gasteiger partial charge is 0.247 e. The lowest BCUT2D eigenvalue weighted by molar-refractivity contribution is 0.0360. The Morgan fingerprint density at radius 1 is 0.914 bits per heavy atom. The van der Waals surface area contributed by atoms with Crippen LogP contribution in [-0.2, 0) is 16.0 Å². The molecule has 182 valence electrons. The summed E-state index contributed by atoms with van der Waals surface area (Å²) in [6.45, 7) is 8.70. The maximum Gasteiger partial charge on any atom is 0.247 e. The SMILES string of the molecule is c1cn2nc(Nc3ccc(N4CCOCC4)cc3)nc2c(-c2cnn(CCN3CCOCC3)c2)n1. The molecule has 0 atom stereocenters. The number of anilines is 3. The molecule has 0 saturated carbocycles. The van der Waals surface area contributed by atoms with E-state index in [1.165, 1.54) is 5.69 Å². The second kappa shape index (κ2) is 9.98. The Balaban J connectivity index is 1.16. The second-order valence-electron chi connectivity index (χ2n) is 8.70. The van der Waals surface area contributed by atoms with Gasteiger partial charge < -0.3 is 19.7 Å². The predicted molar refractivity (Wildman–Crippen MR) is 132 cm³/mol. The van der Waals surface area contributed by atoms with Crippen LogP contribution in [0.2, 0.25) is 0 Å². The van der Waals surface area contributed by atoms with Crippen LogP contribution in [0.1, 0.15) is 0 Å². The number of aromatic nitrogens is 6. The van der Waals surface area contributed by atoms with E-state index < -0.39 is 0 Å². The molecule has 0 radical (unpaired) electrons. The molecule has 35 heavy (non-hydrogen) atoms. The number of ether oxygens (including phenoxy) is 2. The van der Waals surface area contributed by atoms with Gasteiger partial charge in [-0.25, -0.2) is 4.52 Å². The van der Waals surface area contributed by atoms with Crippen molar-refractivity contribution in [3.8, 4) is 11.3 Å². The van der Waals surface area contributed by atoms with Crippen LogP contribution in [0.25, 0.3) is 16.9 Å². The van der Waals surface area contributed by atoms with Crippen molar-refractivity contribution < 1.29 is 9.47 Å². The first-order valence-electron chi connectivity index (χ1n) is 12.1. The number of morpholine rings is 2. The van der Waals surface area contributed by atoms with Gasteiger partial charge in [0.15, 0.2) is 5.65 Å². The van der Waals surface area contributed by atoms with E-state index >= 15 is 0 Å². The molecule has 0 aliphatic carbocycles. The minimum absolute atomic E-state index is 0.526. The second-order valence-corrected chi connectivity index (χ2v) is 8.70. The highest BCUT2D eigenvalue weighted by Crippen LogP contribution is 2.24. The van der Waals surface area contributed by atoms with Crippen molar-refractivity contribution in [3.05, 3.63) is 49.1 Å². The van der Waals surface area contributed by atoms with Crippen molar-refractivity contribution in [1.29, 1.82) is 0 Å². The van der Waals surface area contributed by atoms with E-state index in [0.29, 0.717) is 11.6 Å². The van der Waals surface area contributed by atoms with E-state index in [2.05, 4.69) is 42.4 Å². The van der Waals surface area contributed by atoms with Crippen LogP contribution in [0.3, 0.4) is 0 Å². The summed E-state index contributed by atoms with van der Waals surface area (Å²) >= 11 is 0. The molecule has 11 nitrogen and oxygen atoms in total. The summed E-state index contributed by atoms with van der Waals surface area (Å²) in [4.78, 5) is 14.0. The number of hydrogen-bond acceptors (Lipinski definition) is 9. The molecule has 11 heteroatoms. The number of hydrogen-bond donors (Lipinski definition) is 1. The van der Waals surface area contributed by atoms with Crippen molar-refractivity contribution in [2.24, 2.45) is 0 Å². The zero-order chi connectivity index (χ0) is 23.5. The van der Waals surface area contributed by atoms with Gasteiger partial charge in [0, 0.05) is 68.3 Å². The summed E-state index contributed by atoms with van der Waals surface area (Å²) in [6, 6.07) is 8.33. The van der Waals surface area contributed by atoms with Crippen LogP contribution < -0.4 is 10.2 Å². The van der Waals surface area contributed by atoms with Gasteiger partial charge >= 0.3 is 0 Å². The molecule has 2 saturated heterocycles. The molecule has 0 bridgehead atoms. The first-order chi connectivity index (χ1) is 17.3.